The quantitative estimate of drug-likeness (QED) is 0.336. The lowest BCUT2D eigenvalue weighted by molar-refractivity contribution is -0.0132. The van der Waals surface area contributed by atoms with Gasteiger partial charge in [-0.2, -0.15) is 0 Å². The summed E-state index contributed by atoms with van der Waals surface area (Å²) in [5.41, 5.74) is 1.70. The van der Waals surface area contributed by atoms with Crippen molar-refractivity contribution in [3.63, 3.8) is 0 Å². The van der Waals surface area contributed by atoms with Crippen LogP contribution in [-0.2, 0) is 4.74 Å². The third-order valence-corrected chi connectivity index (χ3v) is 7.87. The van der Waals surface area contributed by atoms with Crippen LogP contribution in [0.4, 0.5) is 10.7 Å². The van der Waals surface area contributed by atoms with Gasteiger partial charge in [-0.1, -0.05) is 0 Å². The number of aryl methyl sites for hydroxylation is 2. The number of anilines is 1. The average molecular weight is 470 g/mol. The predicted octanol–water partition coefficient (Wildman–Crippen LogP) is 2.85. The van der Waals surface area contributed by atoms with Gasteiger partial charge >= 0.3 is 6.03 Å². The Balaban J connectivity index is 1.22. The summed E-state index contributed by atoms with van der Waals surface area (Å²) in [5.74, 6) is 3.21. The van der Waals surface area contributed by atoms with Crippen LogP contribution >= 0.6 is 0 Å². The van der Waals surface area contributed by atoms with E-state index in [0.717, 1.165) is 87.7 Å². The van der Waals surface area contributed by atoms with Gasteiger partial charge in [0.25, 0.3) is 0 Å². The minimum absolute atomic E-state index is 0.0449. The second kappa shape index (κ2) is 10.2. The first-order chi connectivity index (χ1) is 16.4. The van der Waals surface area contributed by atoms with E-state index >= 15 is 0 Å². The number of urea groups is 1. The van der Waals surface area contributed by atoms with Crippen LogP contribution in [0.25, 0.3) is 0 Å². The maximum Gasteiger partial charge on any atom is 0.321 e. The summed E-state index contributed by atoms with van der Waals surface area (Å²) >= 11 is 0. The van der Waals surface area contributed by atoms with Crippen molar-refractivity contribution in [2.24, 2.45) is 22.7 Å². The lowest BCUT2D eigenvalue weighted by Crippen LogP contribution is -2.62. The van der Waals surface area contributed by atoms with E-state index < -0.39 is 0 Å². The second-order valence-electron chi connectivity index (χ2n) is 10.9. The number of amides is 2. The van der Waals surface area contributed by atoms with E-state index in [9.17, 15) is 4.79 Å². The van der Waals surface area contributed by atoms with Gasteiger partial charge < -0.3 is 10.1 Å². The highest BCUT2D eigenvalue weighted by atomic mass is 16.5. The molecule has 9 nitrogen and oxygen atoms in total. The third kappa shape index (κ3) is 5.86. The van der Waals surface area contributed by atoms with Crippen molar-refractivity contribution in [2.75, 3.05) is 44.7 Å². The van der Waals surface area contributed by atoms with Crippen LogP contribution in [0.1, 0.15) is 56.3 Å². The molecular weight excluding hydrogens is 430 g/mol. The Hall–Kier alpha value is -2.26. The molecule has 4 aliphatic carbocycles. The minimum atomic E-state index is -0.175. The van der Waals surface area contributed by atoms with Gasteiger partial charge in [-0.15, -0.1) is 0 Å². The Kier molecular flexibility index (Phi) is 7.01. The van der Waals surface area contributed by atoms with Crippen LogP contribution in [-0.4, -0.2) is 71.8 Å². The molecule has 0 spiro atoms. The molecule has 6 rings (SSSR count). The maximum atomic E-state index is 13.1. The van der Waals surface area contributed by atoms with Crippen LogP contribution in [0.3, 0.4) is 0 Å². The summed E-state index contributed by atoms with van der Waals surface area (Å²) in [6.07, 6.45) is 8.32. The molecule has 1 aromatic rings. The number of aliphatic imine (C=N–C) groups is 1. The molecule has 4 saturated carbocycles. The van der Waals surface area contributed by atoms with Gasteiger partial charge in [-0.25, -0.2) is 14.8 Å². The zero-order valence-electron chi connectivity index (χ0n) is 20.6. The first kappa shape index (κ1) is 23.5. The normalized spacial score (nSPS) is 30.9. The zero-order valence-corrected chi connectivity index (χ0v) is 20.6. The van der Waals surface area contributed by atoms with Crippen molar-refractivity contribution in [1.29, 1.82) is 0 Å². The molecule has 0 unspecified atom stereocenters. The molecule has 9 heteroatoms. The Morgan fingerprint density at radius 2 is 1.71 bits per heavy atom. The number of ether oxygens (including phenoxy) is 1. The number of aromatic nitrogens is 2. The fourth-order valence-electron chi connectivity index (χ4n) is 6.95. The first-order valence-electron chi connectivity index (χ1n) is 13.0. The zero-order chi connectivity index (χ0) is 23.5. The SMILES string of the molecule is Cc1cc(C)nc(NC(=NCCCN2CCOCC2)NC(=O)NC23CC4CC(CC(C4)C2)C3)n1. The standard InChI is InChI=1S/C25H39N7O2/c1-17-10-18(2)28-23(27-17)29-22(26-4-3-5-32-6-8-34-9-7-32)30-24(33)31-25-14-19-11-20(15-25)13-21(12-19)16-25/h10,19-21H,3-9,11-16H2,1-2H3,(H3,26,27,28,29,30,31,33). The van der Waals surface area contributed by atoms with Crippen molar-refractivity contribution in [2.45, 2.75) is 64.3 Å². The number of guanidine groups is 1. The molecule has 186 valence electrons. The summed E-state index contributed by atoms with van der Waals surface area (Å²) in [6, 6.07) is 1.75. The van der Waals surface area contributed by atoms with Gasteiger partial charge in [-0.05, 0) is 82.6 Å². The van der Waals surface area contributed by atoms with Crippen LogP contribution < -0.4 is 16.0 Å². The first-order valence-corrected chi connectivity index (χ1v) is 13.0. The molecule has 34 heavy (non-hydrogen) atoms. The summed E-state index contributed by atoms with van der Waals surface area (Å²) in [5, 5.41) is 9.53. The van der Waals surface area contributed by atoms with Gasteiger partial charge in [0.05, 0.1) is 13.2 Å². The molecule has 0 atom stereocenters. The average Bonchev–Trinajstić information content (AvgIpc) is 2.75. The van der Waals surface area contributed by atoms with E-state index in [1.165, 1.54) is 19.3 Å². The number of morpholine rings is 1. The highest BCUT2D eigenvalue weighted by molar-refractivity contribution is 6.03. The topological polar surface area (TPSA) is 104 Å². The molecule has 2 amide bonds. The fraction of sp³-hybridized carbons (Fsp3) is 0.760. The molecule has 4 bridgehead atoms. The van der Waals surface area contributed by atoms with Crippen molar-refractivity contribution in [1.82, 2.24) is 25.5 Å². The van der Waals surface area contributed by atoms with Crippen LogP contribution in [0.15, 0.2) is 11.1 Å². The van der Waals surface area contributed by atoms with Crippen LogP contribution in [0, 0.1) is 31.6 Å². The predicted molar refractivity (Wildman–Crippen MR) is 132 cm³/mol. The van der Waals surface area contributed by atoms with E-state index in [1.54, 1.807) is 0 Å². The molecule has 1 aliphatic heterocycles. The molecule has 0 radical (unpaired) electrons. The van der Waals surface area contributed by atoms with Crippen molar-refractivity contribution < 1.29 is 9.53 Å². The molecular formula is C25H39N7O2. The molecule has 0 aromatic carbocycles. The minimum Gasteiger partial charge on any atom is -0.379 e. The van der Waals surface area contributed by atoms with Gasteiger partial charge in [0, 0.05) is 43.1 Å². The Morgan fingerprint density at radius 3 is 2.32 bits per heavy atom. The van der Waals surface area contributed by atoms with Gasteiger partial charge in [-0.3, -0.25) is 20.5 Å². The summed E-state index contributed by atoms with van der Waals surface area (Å²) < 4.78 is 5.43. The van der Waals surface area contributed by atoms with Crippen LogP contribution in [0.5, 0.6) is 0 Å². The van der Waals surface area contributed by atoms with Crippen molar-refractivity contribution in [3.05, 3.63) is 17.5 Å². The molecule has 2 heterocycles. The Morgan fingerprint density at radius 1 is 1.09 bits per heavy atom. The summed E-state index contributed by atoms with van der Waals surface area (Å²) in [6.45, 7) is 8.99. The van der Waals surface area contributed by atoms with E-state index in [-0.39, 0.29) is 11.6 Å². The molecule has 1 aromatic heterocycles. The number of nitrogens with one attached hydrogen (secondary N) is 3. The fourth-order valence-corrected chi connectivity index (χ4v) is 6.95. The lowest BCUT2D eigenvalue weighted by atomic mass is 9.53. The van der Waals surface area contributed by atoms with Gasteiger partial charge in [0.15, 0.2) is 0 Å². The van der Waals surface area contributed by atoms with E-state index in [2.05, 4.69) is 30.8 Å². The highest BCUT2D eigenvalue weighted by Crippen LogP contribution is 2.55. The molecule has 1 saturated heterocycles. The van der Waals surface area contributed by atoms with E-state index in [0.29, 0.717) is 18.5 Å². The van der Waals surface area contributed by atoms with Gasteiger partial charge in [0.1, 0.15) is 0 Å². The largest absolute Gasteiger partial charge is 0.379 e. The second-order valence-corrected chi connectivity index (χ2v) is 10.9. The van der Waals surface area contributed by atoms with E-state index in [1.807, 2.05) is 19.9 Å². The number of rotatable bonds is 6. The number of nitrogens with zero attached hydrogens (tertiary/aromatic N) is 4. The lowest BCUT2D eigenvalue weighted by Gasteiger charge is -2.56. The summed E-state index contributed by atoms with van der Waals surface area (Å²) in [4.78, 5) is 29.2. The number of hydrogen-bond donors (Lipinski definition) is 3. The Bertz CT molecular complexity index is 857. The number of carbonyl (C=O) groups is 1. The molecule has 5 aliphatic rings. The maximum absolute atomic E-state index is 13.1. The van der Waals surface area contributed by atoms with Gasteiger partial charge in [0.2, 0.25) is 11.9 Å². The number of carbonyl (C=O) groups excluding carboxylic acids is 1. The van der Waals surface area contributed by atoms with Crippen LogP contribution in [0.2, 0.25) is 0 Å². The van der Waals surface area contributed by atoms with Crippen molar-refractivity contribution >= 4 is 17.9 Å². The molecule has 3 N–H and O–H groups in total. The highest BCUT2D eigenvalue weighted by Gasteiger charge is 2.51. The Labute approximate surface area is 202 Å². The smallest absolute Gasteiger partial charge is 0.321 e. The third-order valence-electron chi connectivity index (χ3n) is 7.87. The number of hydrogen-bond acceptors (Lipinski definition) is 6. The summed E-state index contributed by atoms with van der Waals surface area (Å²) in [7, 11) is 0. The van der Waals surface area contributed by atoms with Crippen molar-refractivity contribution in [3.8, 4) is 0 Å². The molecule has 5 fully saturated rings. The monoisotopic (exact) mass is 469 g/mol. The van der Waals surface area contributed by atoms with E-state index in [4.69, 9.17) is 9.73 Å².